The first-order valence-electron chi connectivity index (χ1n) is 11.5. The summed E-state index contributed by atoms with van der Waals surface area (Å²) in [7, 11) is 0. The average Bonchev–Trinajstić information content (AvgIpc) is 3.16. The van der Waals surface area contributed by atoms with E-state index in [1.165, 1.54) is 6.33 Å². The van der Waals surface area contributed by atoms with Crippen molar-refractivity contribution in [1.82, 2.24) is 34.4 Å². The number of anilines is 1. The number of aryl methyl sites for hydroxylation is 2. The number of carbonyl (C=O) groups is 1. The molecule has 0 saturated carbocycles. The SMILES string of the molecule is CCn1c(-c2cnc(C)nc2)nc2c(N[C@H](C(=O)N3CC(C)OC(C)C3)C(C)C)ncnc21. The Morgan fingerprint density at radius 1 is 1.15 bits per heavy atom. The first kappa shape index (κ1) is 23.0. The molecule has 4 rings (SSSR count). The van der Waals surface area contributed by atoms with Crippen molar-refractivity contribution < 1.29 is 9.53 Å². The molecule has 3 aromatic rings. The largest absolute Gasteiger partial charge is 0.372 e. The Morgan fingerprint density at radius 3 is 2.42 bits per heavy atom. The number of aromatic nitrogens is 6. The summed E-state index contributed by atoms with van der Waals surface area (Å²) in [5, 5.41) is 3.38. The van der Waals surface area contributed by atoms with Crippen LogP contribution in [0.5, 0.6) is 0 Å². The summed E-state index contributed by atoms with van der Waals surface area (Å²) in [4.78, 5) is 37.8. The van der Waals surface area contributed by atoms with Crippen LogP contribution in [0.2, 0.25) is 0 Å². The van der Waals surface area contributed by atoms with Crippen LogP contribution in [-0.4, -0.2) is 71.6 Å². The van der Waals surface area contributed by atoms with Gasteiger partial charge in [-0.2, -0.15) is 0 Å². The van der Waals surface area contributed by atoms with Crippen LogP contribution in [0.4, 0.5) is 5.82 Å². The van der Waals surface area contributed by atoms with Crippen molar-refractivity contribution in [3.05, 3.63) is 24.5 Å². The van der Waals surface area contributed by atoms with Crippen LogP contribution in [-0.2, 0) is 16.1 Å². The molecule has 1 aliphatic rings. The molecule has 1 N–H and O–H groups in total. The summed E-state index contributed by atoms with van der Waals surface area (Å²) in [6.07, 6.45) is 5.05. The Morgan fingerprint density at radius 2 is 1.82 bits per heavy atom. The molecule has 10 heteroatoms. The molecule has 3 aromatic heterocycles. The zero-order valence-corrected chi connectivity index (χ0v) is 20.1. The van der Waals surface area contributed by atoms with Gasteiger partial charge in [0, 0.05) is 32.0 Å². The molecule has 10 nitrogen and oxygen atoms in total. The van der Waals surface area contributed by atoms with Gasteiger partial charge in [0.05, 0.1) is 17.8 Å². The maximum atomic E-state index is 13.5. The summed E-state index contributed by atoms with van der Waals surface area (Å²) in [6.45, 7) is 13.8. The lowest BCUT2D eigenvalue weighted by atomic mass is 10.0. The number of amides is 1. The number of imidazole rings is 1. The van der Waals surface area contributed by atoms with Crippen molar-refractivity contribution in [1.29, 1.82) is 0 Å². The second-order valence-corrected chi connectivity index (χ2v) is 8.96. The van der Waals surface area contributed by atoms with Crippen LogP contribution in [0, 0.1) is 12.8 Å². The van der Waals surface area contributed by atoms with Crippen molar-refractivity contribution in [2.45, 2.75) is 66.3 Å². The van der Waals surface area contributed by atoms with E-state index < -0.39 is 6.04 Å². The van der Waals surface area contributed by atoms with E-state index >= 15 is 0 Å². The van der Waals surface area contributed by atoms with E-state index in [9.17, 15) is 4.79 Å². The summed E-state index contributed by atoms with van der Waals surface area (Å²) < 4.78 is 7.81. The monoisotopic (exact) mass is 452 g/mol. The van der Waals surface area contributed by atoms with Crippen molar-refractivity contribution in [3.63, 3.8) is 0 Å². The van der Waals surface area contributed by atoms with E-state index in [4.69, 9.17) is 9.72 Å². The molecule has 0 aliphatic carbocycles. The molecule has 0 aromatic carbocycles. The standard InChI is InChI=1S/C23H32N8O2/c1-7-31-21(17-8-24-16(6)25-9-17)29-19-20(26-12-27-22(19)31)28-18(13(2)3)23(32)30-10-14(4)33-15(5)11-30/h8-9,12-15,18H,7,10-11H2,1-6H3,(H,26,27,28)/t14?,15?,18-/m0/s1. The molecule has 0 radical (unpaired) electrons. The van der Waals surface area contributed by atoms with Gasteiger partial charge in [-0.3, -0.25) is 4.79 Å². The predicted molar refractivity (Wildman–Crippen MR) is 126 cm³/mol. The third-order valence-corrected chi connectivity index (χ3v) is 5.84. The molecule has 0 spiro atoms. The van der Waals surface area contributed by atoms with Gasteiger partial charge in [-0.25, -0.2) is 24.9 Å². The van der Waals surface area contributed by atoms with Gasteiger partial charge < -0.3 is 19.5 Å². The van der Waals surface area contributed by atoms with E-state index in [1.807, 2.05) is 51.0 Å². The van der Waals surface area contributed by atoms with Crippen molar-refractivity contribution >= 4 is 22.9 Å². The van der Waals surface area contributed by atoms with E-state index in [-0.39, 0.29) is 24.0 Å². The third-order valence-electron chi connectivity index (χ3n) is 5.84. The number of fused-ring (bicyclic) bond motifs is 1. The summed E-state index contributed by atoms with van der Waals surface area (Å²) in [6, 6.07) is -0.446. The lowest BCUT2D eigenvalue weighted by molar-refractivity contribution is -0.144. The van der Waals surface area contributed by atoms with Crippen molar-refractivity contribution in [2.24, 2.45) is 5.92 Å². The highest BCUT2D eigenvalue weighted by Gasteiger charge is 2.33. The van der Waals surface area contributed by atoms with E-state index in [0.29, 0.717) is 42.4 Å². The normalized spacial score (nSPS) is 19.8. The summed E-state index contributed by atoms with van der Waals surface area (Å²) >= 11 is 0. The Bertz CT molecular complexity index is 1120. The van der Waals surface area contributed by atoms with Gasteiger partial charge in [-0.1, -0.05) is 13.8 Å². The topological polar surface area (TPSA) is 111 Å². The minimum Gasteiger partial charge on any atom is -0.372 e. The molecule has 176 valence electrons. The number of carbonyl (C=O) groups excluding carboxylic acids is 1. The van der Waals surface area contributed by atoms with Gasteiger partial charge in [0.15, 0.2) is 17.0 Å². The molecule has 1 saturated heterocycles. The number of morpholine rings is 1. The van der Waals surface area contributed by atoms with Crippen LogP contribution in [0.3, 0.4) is 0 Å². The maximum Gasteiger partial charge on any atom is 0.245 e. The first-order chi connectivity index (χ1) is 15.8. The van der Waals surface area contributed by atoms with Gasteiger partial charge in [-0.15, -0.1) is 0 Å². The Kier molecular flexibility index (Phi) is 6.55. The smallest absolute Gasteiger partial charge is 0.245 e. The summed E-state index contributed by atoms with van der Waals surface area (Å²) in [5.74, 6) is 2.06. The fourth-order valence-electron chi connectivity index (χ4n) is 4.29. The van der Waals surface area contributed by atoms with Gasteiger partial charge in [0.25, 0.3) is 0 Å². The lowest BCUT2D eigenvalue weighted by Crippen LogP contribution is -2.54. The molecule has 1 fully saturated rings. The molecule has 2 unspecified atom stereocenters. The quantitative estimate of drug-likeness (QED) is 0.608. The van der Waals surface area contributed by atoms with Crippen LogP contribution >= 0.6 is 0 Å². The number of rotatable bonds is 6. The minimum atomic E-state index is -0.446. The molecule has 0 bridgehead atoms. The average molecular weight is 453 g/mol. The fourth-order valence-corrected chi connectivity index (χ4v) is 4.29. The second kappa shape index (κ2) is 9.38. The van der Waals surface area contributed by atoms with Gasteiger partial charge >= 0.3 is 0 Å². The number of hydrogen-bond donors (Lipinski definition) is 1. The number of nitrogens with zero attached hydrogens (tertiary/aromatic N) is 7. The van der Waals surface area contributed by atoms with Crippen LogP contribution < -0.4 is 5.32 Å². The van der Waals surface area contributed by atoms with Crippen molar-refractivity contribution in [2.75, 3.05) is 18.4 Å². The molecular formula is C23H32N8O2. The number of nitrogens with one attached hydrogen (secondary N) is 1. The number of hydrogen-bond acceptors (Lipinski definition) is 8. The first-order valence-corrected chi connectivity index (χ1v) is 11.5. The van der Waals surface area contributed by atoms with E-state index in [0.717, 1.165) is 11.4 Å². The van der Waals surface area contributed by atoms with E-state index in [2.05, 4.69) is 25.3 Å². The Hall–Kier alpha value is -3.14. The molecule has 3 atom stereocenters. The van der Waals surface area contributed by atoms with Gasteiger partial charge in [0.1, 0.15) is 24.0 Å². The van der Waals surface area contributed by atoms with Gasteiger partial charge in [-0.05, 0) is 33.6 Å². The van der Waals surface area contributed by atoms with Gasteiger partial charge in [0.2, 0.25) is 5.91 Å². The third kappa shape index (κ3) is 4.66. The molecule has 4 heterocycles. The zero-order chi connectivity index (χ0) is 23.7. The van der Waals surface area contributed by atoms with Crippen LogP contribution in [0.1, 0.15) is 40.4 Å². The molecular weight excluding hydrogens is 420 g/mol. The molecule has 1 aliphatic heterocycles. The van der Waals surface area contributed by atoms with Crippen LogP contribution in [0.15, 0.2) is 18.7 Å². The van der Waals surface area contributed by atoms with Crippen molar-refractivity contribution in [3.8, 4) is 11.4 Å². The van der Waals surface area contributed by atoms with E-state index in [1.54, 1.807) is 12.4 Å². The number of ether oxygens (including phenoxy) is 1. The second-order valence-electron chi connectivity index (χ2n) is 8.96. The lowest BCUT2D eigenvalue weighted by Gasteiger charge is -2.38. The Labute approximate surface area is 193 Å². The molecule has 1 amide bonds. The predicted octanol–water partition coefficient (Wildman–Crippen LogP) is 2.68. The molecule has 33 heavy (non-hydrogen) atoms. The maximum absolute atomic E-state index is 13.5. The summed E-state index contributed by atoms with van der Waals surface area (Å²) in [5.41, 5.74) is 2.13. The zero-order valence-electron chi connectivity index (χ0n) is 20.1. The fraction of sp³-hybridized carbons (Fsp3) is 0.565. The highest BCUT2D eigenvalue weighted by Crippen LogP contribution is 2.27. The minimum absolute atomic E-state index is 0.0100. The Balaban J connectivity index is 1.69. The highest BCUT2D eigenvalue weighted by molar-refractivity contribution is 5.90. The van der Waals surface area contributed by atoms with Crippen LogP contribution in [0.25, 0.3) is 22.6 Å². The highest BCUT2D eigenvalue weighted by atomic mass is 16.5.